The highest BCUT2D eigenvalue weighted by Gasteiger charge is 2.30. The largest absolute Gasteiger partial charge is 0.480 e. The summed E-state index contributed by atoms with van der Waals surface area (Å²) in [6, 6.07) is 5.00. The summed E-state index contributed by atoms with van der Waals surface area (Å²) in [4.78, 5) is 10.2. The molecule has 17 heavy (non-hydrogen) atoms. The molecule has 0 aliphatic rings. The second kappa shape index (κ2) is 5.67. The van der Waals surface area contributed by atoms with Crippen LogP contribution < -0.4 is 5.32 Å². The quantitative estimate of drug-likeness (QED) is 0.781. The van der Waals surface area contributed by atoms with Gasteiger partial charge in [0, 0.05) is 0 Å². The highest BCUT2D eigenvalue weighted by Crippen LogP contribution is 2.29. The number of carboxylic acids is 1. The first kappa shape index (κ1) is 13.5. The summed E-state index contributed by atoms with van der Waals surface area (Å²) in [5.41, 5.74) is -0.161. The maximum atomic E-state index is 12.4. The molecule has 0 aromatic heterocycles. The van der Waals surface area contributed by atoms with Crippen LogP contribution in [0.15, 0.2) is 24.3 Å². The lowest BCUT2D eigenvalue weighted by molar-refractivity contribution is -0.138. The number of halogens is 3. The standard InChI is InChI=1S/C11H12F3NO2/c12-11(13,14)9-3-1-2-8(6-9)4-5-15-7-10(16)17/h1-3,6,15H,4-5,7H2,(H,16,17). The van der Waals surface area contributed by atoms with Crippen molar-refractivity contribution in [3.63, 3.8) is 0 Å². The number of alkyl halides is 3. The van der Waals surface area contributed by atoms with Crippen molar-refractivity contribution in [2.45, 2.75) is 12.6 Å². The molecule has 0 aliphatic heterocycles. The van der Waals surface area contributed by atoms with Crippen molar-refractivity contribution in [2.75, 3.05) is 13.1 Å². The van der Waals surface area contributed by atoms with Crippen LogP contribution in [0, 0.1) is 0 Å². The fraction of sp³-hybridized carbons (Fsp3) is 0.364. The number of hydrogen-bond donors (Lipinski definition) is 2. The topological polar surface area (TPSA) is 49.3 Å². The average molecular weight is 247 g/mol. The highest BCUT2D eigenvalue weighted by atomic mass is 19.4. The number of carbonyl (C=O) groups is 1. The van der Waals surface area contributed by atoms with E-state index in [-0.39, 0.29) is 6.54 Å². The lowest BCUT2D eigenvalue weighted by atomic mass is 10.1. The van der Waals surface area contributed by atoms with Gasteiger partial charge in [-0.3, -0.25) is 4.79 Å². The van der Waals surface area contributed by atoms with E-state index in [0.717, 1.165) is 12.1 Å². The van der Waals surface area contributed by atoms with Gasteiger partial charge in [-0.05, 0) is 24.6 Å². The van der Waals surface area contributed by atoms with Gasteiger partial charge < -0.3 is 10.4 Å². The van der Waals surface area contributed by atoms with Crippen molar-refractivity contribution < 1.29 is 23.1 Å². The molecule has 0 amide bonds. The molecule has 0 spiro atoms. The van der Waals surface area contributed by atoms with Crippen molar-refractivity contribution >= 4 is 5.97 Å². The van der Waals surface area contributed by atoms with E-state index in [2.05, 4.69) is 5.32 Å². The van der Waals surface area contributed by atoms with Gasteiger partial charge in [-0.25, -0.2) is 0 Å². The van der Waals surface area contributed by atoms with Crippen molar-refractivity contribution in [2.24, 2.45) is 0 Å². The summed E-state index contributed by atoms with van der Waals surface area (Å²) in [5, 5.41) is 11.0. The number of aliphatic carboxylic acids is 1. The molecule has 1 rings (SSSR count). The molecule has 0 aliphatic carbocycles. The van der Waals surface area contributed by atoms with E-state index < -0.39 is 17.7 Å². The van der Waals surface area contributed by atoms with E-state index in [0.29, 0.717) is 18.5 Å². The van der Waals surface area contributed by atoms with E-state index in [1.165, 1.54) is 6.07 Å². The van der Waals surface area contributed by atoms with E-state index >= 15 is 0 Å². The molecular weight excluding hydrogens is 235 g/mol. The van der Waals surface area contributed by atoms with Gasteiger partial charge >= 0.3 is 12.1 Å². The minimum atomic E-state index is -4.34. The van der Waals surface area contributed by atoms with Crippen LogP contribution >= 0.6 is 0 Å². The Labute approximate surface area is 96.3 Å². The molecule has 0 saturated carbocycles. The molecular formula is C11H12F3NO2. The molecule has 2 N–H and O–H groups in total. The van der Waals surface area contributed by atoms with Gasteiger partial charge in [0.05, 0.1) is 12.1 Å². The molecule has 3 nitrogen and oxygen atoms in total. The van der Waals surface area contributed by atoms with Crippen LogP contribution in [-0.4, -0.2) is 24.2 Å². The number of benzene rings is 1. The predicted molar refractivity (Wildman–Crippen MR) is 55.7 cm³/mol. The smallest absolute Gasteiger partial charge is 0.416 e. The number of rotatable bonds is 5. The van der Waals surface area contributed by atoms with Gasteiger partial charge in [0.15, 0.2) is 0 Å². The Bertz CT molecular complexity index is 391. The Hall–Kier alpha value is -1.56. The summed E-state index contributed by atoms with van der Waals surface area (Å²) in [7, 11) is 0. The molecule has 0 unspecified atom stereocenters. The van der Waals surface area contributed by atoms with Gasteiger partial charge in [-0.1, -0.05) is 18.2 Å². The average Bonchev–Trinajstić information content (AvgIpc) is 2.23. The van der Waals surface area contributed by atoms with Gasteiger partial charge in [0.2, 0.25) is 0 Å². The van der Waals surface area contributed by atoms with Gasteiger partial charge in [0.1, 0.15) is 0 Å². The highest BCUT2D eigenvalue weighted by molar-refractivity contribution is 5.68. The van der Waals surface area contributed by atoms with Crippen molar-refractivity contribution in [1.29, 1.82) is 0 Å². The lowest BCUT2D eigenvalue weighted by Gasteiger charge is -2.08. The van der Waals surface area contributed by atoms with Crippen LogP contribution in [0.2, 0.25) is 0 Å². The van der Waals surface area contributed by atoms with Crippen LogP contribution in [-0.2, 0) is 17.4 Å². The first-order valence-electron chi connectivity index (χ1n) is 4.98. The molecule has 0 atom stereocenters. The zero-order chi connectivity index (χ0) is 12.9. The van der Waals surface area contributed by atoms with E-state index in [1.807, 2.05) is 0 Å². The Kier molecular flexibility index (Phi) is 4.51. The van der Waals surface area contributed by atoms with Gasteiger partial charge in [-0.2, -0.15) is 13.2 Å². The van der Waals surface area contributed by atoms with Crippen molar-refractivity contribution in [3.8, 4) is 0 Å². The molecule has 0 fully saturated rings. The summed E-state index contributed by atoms with van der Waals surface area (Å²) in [5.74, 6) is -0.992. The molecule has 1 aromatic rings. The second-order valence-electron chi connectivity index (χ2n) is 3.52. The Morgan fingerprint density at radius 1 is 1.35 bits per heavy atom. The van der Waals surface area contributed by atoms with Crippen molar-refractivity contribution in [1.82, 2.24) is 5.32 Å². The molecule has 0 heterocycles. The van der Waals surface area contributed by atoms with Gasteiger partial charge in [-0.15, -0.1) is 0 Å². The lowest BCUT2D eigenvalue weighted by Crippen LogP contribution is -2.24. The molecule has 94 valence electrons. The van der Waals surface area contributed by atoms with E-state index in [1.54, 1.807) is 6.07 Å². The first-order valence-corrected chi connectivity index (χ1v) is 4.98. The Balaban J connectivity index is 2.52. The van der Waals surface area contributed by atoms with E-state index in [4.69, 9.17) is 5.11 Å². The summed E-state index contributed by atoms with van der Waals surface area (Å²) >= 11 is 0. The third-order valence-electron chi connectivity index (χ3n) is 2.12. The summed E-state index contributed by atoms with van der Waals surface area (Å²) in [6.45, 7) is 0.132. The monoisotopic (exact) mass is 247 g/mol. The minimum Gasteiger partial charge on any atom is -0.480 e. The van der Waals surface area contributed by atoms with Crippen LogP contribution in [0.3, 0.4) is 0 Å². The predicted octanol–water partition coefficient (Wildman–Crippen LogP) is 1.92. The minimum absolute atomic E-state index is 0.195. The first-order chi connectivity index (χ1) is 7.89. The fourth-order valence-electron chi connectivity index (χ4n) is 1.33. The maximum absolute atomic E-state index is 12.4. The van der Waals surface area contributed by atoms with Crippen LogP contribution in [0.4, 0.5) is 13.2 Å². The fourth-order valence-corrected chi connectivity index (χ4v) is 1.33. The Morgan fingerprint density at radius 2 is 2.06 bits per heavy atom. The molecule has 0 saturated heterocycles. The molecule has 0 bridgehead atoms. The normalized spacial score (nSPS) is 11.5. The number of hydrogen-bond acceptors (Lipinski definition) is 2. The zero-order valence-electron chi connectivity index (χ0n) is 8.92. The summed E-state index contributed by atoms with van der Waals surface area (Å²) < 4.78 is 37.1. The van der Waals surface area contributed by atoms with Crippen LogP contribution in [0.5, 0.6) is 0 Å². The SMILES string of the molecule is O=C(O)CNCCc1cccc(C(F)(F)F)c1. The third-order valence-corrected chi connectivity index (χ3v) is 2.12. The zero-order valence-corrected chi connectivity index (χ0v) is 8.92. The van der Waals surface area contributed by atoms with Crippen molar-refractivity contribution in [3.05, 3.63) is 35.4 Å². The van der Waals surface area contributed by atoms with Crippen LogP contribution in [0.1, 0.15) is 11.1 Å². The van der Waals surface area contributed by atoms with E-state index in [9.17, 15) is 18.0 Å². The second-order valence-corrected chi connectivity index (χ2v) is 3.52. The molecule has 6 heteroatoms. The Morgan fingerprint density at radius 3 is 2.65 bits per heavy atom. The summed E-state index contributed by atoms with van der Waals surface area (Å²) in [6.07, 6.45) is -3.98. The maximum Gasteiger partial charge on any atom is 0.416 e. The van der Waals surface area contributed by atoms with Crippen LogP contribution in [0.25, 0.3) is 0 Å². The number of nitrogens with one attached hydrogen (secondary N) is 1. The molecule has 0 radical (unpaired) electrons. The molecule has 1 aromatic carbocycles. The van der Waals surface area contributed by atoms with Gasteiger partial charge in [0.25, 0.3) is 0 Å². The number of carboxylic acid groups (broad SMARTS) is 1. The third kappa shape index (κ3) is 4.86.